The van der Waals surface area contributed by atoms with E-state index in [1.165, 1.54) is 0 Å². The van der Waals surface area contributed by atoms with Crippen molar-refractivity contribution in [1.29, 1.82) is 0 Å². The maximum absolute atomic E-state index is 5.54. The number of aromatic nitrogens is 1. The highest BCUT2D eigenvalue weighted by molar-refractivity contribution is 5.39. The average molecular weight is 137 g/mol. The van der Waals surface area contributed by atoms with E-state index in [0.29, 0.717) is 6.54 Å². The molecule has 1 aromatic rings. The number of nitrogens with two attached hydrogens (primary N) is 2. The maximum atomic E-state index is 5.54. The van der Waals surface area contributed by atoms with Crippen molar-refractivity contribution in [2.45, 2.75) is 13.5 Å². The van der Waals surface area contributed by atoms with Gasteiger partial charge in [-0.2, -0.15) is 0 Å². The first-order chi connectivity index (χ1) is 4.72. The van der Waals surface area contributed by atoms with Gasteiger partial charge in [-0.15, -0.1) is 0 Å². The Balaban J connectivity index is 3.06. The Bertz CT molecular complexity index is 212. The van der Waals surface area contributed by atoms with Crippen LogP contribution in [0.2, 0.25) is 0 Å². The summed E-state index contributed by atoms with van der Waals surface area (Å²) in [7, 11) is 0. The number of nitrogen functional groups attached to an aromatic ring is 1. The third-order valence-electron chi connectivity index (χ3n) is 1.24. The first kappa shape index (κ1) is 7.02. The normalized spacial score (nSPS) is 9.80. The largest absolute Gasteiger partial charge is 0.399 e. The number of anilines is 1. The second-order valence-electron chi connectivity index (χ2n) is 2.24. The highest BCUT2D eigenvalue weighted by Crippen LogP contribution is 2.05. The van der Waals surface area contributed by atoms with E-state index in [1.807, 2.05) is 13.0 Å². The molecule has 0 bridgehead atoms. The van der Waals surface area contributed by atoms with Gasteiger partial charge in [-0.25, -0.2) is 0 Å². The van der Waals surface area contributed by atoms with Crippen LogP contribution in [0.4, 0.5) is 5.69 Å². The quantitative estimate of drug-likeness (QED) is 0.590. The van der Waals surface area contributed by atoms with Crippen molar-refractivity contribution in [3.63, 3.8) is 0 Å². The van der Waals surface area contributed by atoms with Gasteiger partial charge in [0.15, 0.2) is 0 Å². The van der Waals surface area contributed by atoms with Crippen LogP contribution in [-0.4, -0.2) is 4.98 Å². The Hall–Kier alpha value is -1.09. The summed E-state index contributed by atoms with van der Waals surface area (Å²) in [4.78, 5) is 4.15. The standard InChI is InChI=1S/C7H11N3/c1-5-2-6(9)3-7(4-8)10-5/h2-3H,4,8H2,1H3,(H2,9,10). The molecule has 0 unspecified atom stereocenters. The molecule has 0 saturated heterocycles. The summed E-state index contributed by atoms with van der Waals surface area (Å²) >= 11 is 0. The van der Waals surface area contributed by atoms with Crippen molar-refractivity contribution >= 4 is 5.69 Å². The zero-order valence-electron chi connectivity index (χ0n) is 5.96. The van der Waals surface area contributed by atoms with Crippen molar-refractivity contribution in [1.82, 2.24) is 4.98 Å². The van der Waals surface area contributed by atoms with Crippen LogP contribution in [-0.2, 0) is 6.54 Å². The summed E-state index contributed by atoms with van der Waals surface area (Å²) in [6.07, 6.45) is 0. The molecule has 54 valence electrons. The zero-order chi connectivity index (χ0) is 7.56. The fourth-order valence-corrected chi connectivity index (χ4v) is 0.871. The highest BCUT2D eigenvalue weighted by Gasteiger charge is 1.93. The maximum Gasteiger partial charge on any atom is 0.0563 e. The van der Waals surface area contributed by atoms with Crippen LogP contribution in [0.15, 0.2) is 12.1 Å². The average Bonchev–Trinajstić information content (AvgIpc) is 1.85. The van der Waals surface area contributed by atoms with Gasteiger partial charge in [0, 0.05) is 17.9 Å². The van der Waals surface area contributed by atoms with Gasteiger partial charge < -0.3 is 11.5 Å². The monoisotopic (exact) mass is 137 g/mol. The van der Waals surface area contributed by atoms with Crippen LogP contribution >= 0.6 is 0 Å². The fourth-order valence-electron chi connectivity index (χ4n) is 0.871. The molecule has 0 radical (unpaired) electrons. The lowest BCUT2D eigenvalue weighted by atomic mass is 10.3. The Morgan fingerprint density at radius 1 is 1.50 bits per heavy atom. The molecule has 1 rings (SSSR count). The number of aryl methyl sites for hydroxylation is 1. The van der Waals surface area contributed by atoms with Crippen LogP contribution in [0.1, 0.15) is 11.4 Å². The smallest absolute Gasteiger partial charge is 0.0563 e. The highest BCUT2D eigenvalue weighted by atomic mass is 14.8. The van der Waals surface area contributed by atoms with Gasteiger partial charge >= 0.3 is 0 Å². The molecule has 0 aliphatic rings. The van der Waals surface area contributed by atoms with E-state index in [2.05, 4.69) is 4.98 Å². The molecule has 0 aliphatic heterocycles. The fraction of sp³-hybridized carbons (Fsp3) is 0.286. The van der Waals surface area contributed by atoms with Gasteiger partial charge in [0.05, 0.1) is 5.69 Å². The SMILES string of the molecule is Cc1cc(N)cc(CN)n1. The number of hydrogen-bond donors (Lipinski definition) is 2. The molecular formula is C7H11N3. The van der Waals surface area contributed by atoms with E-state index < -0.39 is 0 Å². The third kappa shape index (κ3) is 1.45. The lowest BCUT2D eigenvalue weighted by Crippen LogP contribution is -2.01. The topological polar surface area (TPSA) is 64.9 Å². The van der Waals surface area contributed by atoms with E-state index in [0.717, 1.165) is 17.1 Å². The Morgan fingerprint density at radius 3 is 2.70 bits per heavy atom. The molecular weight excluding hydrogens is 126 g/mol. The second-order valence-corrected chi connectivity index (χ2v) is 2.24. The summed E-state index contributed by atoms with van der Waals surface area (Å²) in [5.74, 6) is 0. The number of hydrogen-bond acceptors (Lipinski definition) is 3. The van der Waals surface area contributed by atoms with Crippen molar-refractivity contribution in [3.8, 4) is 0 Å². The van der Waals surface area contributed by atoms with Gasteiger partial charge in [-0.1, -0.05) is 0 Å². The van der Waals surface area contributed by atoms with Gasteiger partial charge in [0.1, 0.15) is 0 Å². The van der Waals surface area contributed by atoms with E-state index in [9.17, 15) is 0 Å². The van der Waals surface area contributed by atoms with Crippen LogP contribution in [0.3, 0.4) is 0 Å². The van der Waals surface area contributed by atoms with Crippen molar-refractivity contribution in [2.24, 2.45) is 5.73 Å². The molecule has 0 aromatic carbocycles. The summed E-state index contributed by atoms with van der Waals surface area (Å²) in [5.41, 5.74) is 13.4. The molecule has 0 fully saturated rings. The molecule has 3 nitrogen and oxygen atoms in total. The number of pyridine rings is 1. The molecule has 0 saturated carbocycles. The molecule has 10 heavy (non-hydrogen) atoms. The Morgan fingerprint density at radius 2 is 2.20 bits per heavy atom. The van der Waals surface area contributed by atoms with E-state index in [4.69, 9.17) is 11.5 Å². The Kier molecular flexibility index (Phi) is 1.87. The van der Waals surface area contributed by atoms with Crippen molar-refractivity contribution in [2.75, 3.05) is 5.73 Å². The molecule has 4 N–H and O–H groups in total. The first-order valence-corrected chi connectivity index (χ1v) is 3.15. The predicted molar refractivity (Wildman–Crippen MR) is 41.3 cm³/mol. The molecule has 1 aromatic heterocycles. The lowest BCUT2D eigenvalue weighted by Gasteiger charge is -1.99. The van der Waals surface area contributed by atoms with E-state index >= 15 is 0 Å². The van der Waals surface area contributed by atoms with Gasteiger partial charge in [-0.05, 0) is 19.1 Å². The molecule has 0 atom stereocenters. The summed E-state index contributed by atoms with van der Waals surface area (Å²) < 4.78 is 0. The van der Waals surface area contributed by atoms with Crippen molar-refractivity contribution < 1.29 is 0 Å². The van der Waals surface area contributed by atoms with Crippen LogP contribution in [0.25, 0.3) is 0 Å². The summed E-state index contributed by atoms with van der Waals surface area (Å²) in [6.45, 7) is 2.35. The Labute approximate surface area is 60.1 Å². The summed E-state index contributed by atoms with van der Waals surface area (Å²) in [6, 6.07) is 3.60. The first-order valence-electron chi connectivity index (χ1n) is 3.15. The van der Waals surface area contributed by atoms with Crippen LogP contribution in [0, 0.1) is 6.92 Å². The summed E-state index contributed by atoms with van der Waals surface area (Å²) in [5, 5.41) is 0. The molecule has 0 spiro atoms. The second kappa shape index (κ2) is 2.66. The van der Waals surface area contributed by atoms with Crippen molar-refractivity contribution in [3.05, 3.63) is 23.5 Å². The van der Waals surface area contributed by atoms with Gasteiger partial charge in [0.2, 0.25) is 0 Å². The molecule has 0 aliphatic carbocycles. The van der Waals surface area contributed by atoms with Gasteiger partial charge in [0.25, 0.3) is 0 Å². The zero-order valence-corrected chi connectivity index (χ0v) is 5.96. The minimum Gasteiger partial charge on any atom is -0.399 e. The van der Waals surface area contributed by atoms with E-state index in [-0.39, 0.29) is 0 Å². The lowest BCUT2D eigenvalue weighted by molar-refractivity contribution is 0.971. The van der Waals surface area contributed by atoms with Crippen LogP contribution < -0.4 is 11.5 Å². The minimum atomic E-state index is 0.450. The van der Waals surface area contributed by atoms with Gasteiger partial charge in [-0.3, -0.25) is 4.98 Å². The van der Waals surface area contributed by atoms with Crippen LogP contribution in [0.5, 0.6) is 0 Å². The van der Waals surface area contributed by atoms with E-state index in [1.54, 1.807) is 6.07 Å². The molecule has 3 heteroatoms. The number of nitrogens with zero attached hydrogens (tertiary/aromatic N) is 1. The minimum absolute atomic E-state index is 0.450. The third-order valence-corrected chi connectivity index (χ3v) is 1.24. The predicted octanol–water partition coefficient (Wildman–Crippen LogP) is 0.431. The number of rotatable bonds is 1. The molecule has 0 amide bonds. The molecule has 1 heterocycles.